The van der Waals surface area contributed by atoms with E-state index in [0.717, 1.165) is 18.2 Å². The first-order valence-electron chi connectivity index (χ1n) is 4.92. The van der Waals surface area contributed by atoms with Crippen molar-refractivity contribution in [2.45, 2.75) is 18.2 Å². The molecule has 1 rings (SSSR count). The summed E-state index contributed by atoms with van der Waals surface area (Å²) in [4.78, 5) is 9.78. The van der Waals surface area contributed by atoms with Crippen molar-refractivity contribution in [3.8, 4) is 0 Å². The molecule has 0 aliphatic carbocycles. The molecule has 1 aromatic rings. The molecule has 0 heterocycles. The van der Waals surface area contributed by atoms with Crippen LogP contribution in [0.3, 0.4) is 0 Å². The van der Waals surface area contributed by atoms with E-state index >= 15 is 0 Å². The molecule has 7 nitrogen and oxygen atoms in total. The maximum Gasteiger partial charge on any atom is 0.292 e. The Morgan fingerprint density at radius 3 is 2.59 bits per heavy atom. The summed E-state index contributed by atoms with van der Waals surface area (Å²) >= 11 is 0. The van der Waals surface area contributed by atoms with Crippen LogP contribution in [-0.2, 0) is 10.0 Å². The van der Waals surface area contributed by atoms with Crippen LogP contribution in [0.5, 0.6) is 0 Å². The van der Waals surface area contributed by atoms with Gasteiger partial charge in [-0.15, -0.1) is 0 Å². The molecule has 0 bridgehead atoms. The fourth-order valence-corrected chi connectivity index (χ4v) is 2.35. The Morgan fingerprint density at radius 2 is 2.12 bits per heavy atom. The van der Waals surface area contributed by atoms with Crippen molar-refractivity contribution in [1.82, 2.24) is 4.72 Å². The quantitative estimate of drug-likeness (QED) is 0.462. The molecule has 3 N–H and O–H groups in total. The molecule has 0 unspecified atom stereocenters. The van der Waals surface area contributed by atoms with Gasteiger partial charge in [-0.3, -0.25) is 10.1 Å². The number of nitrogens with one attached hydrogen (secondary N) is 1. The highest BCUT2D eigenvalue weighted by atomic mass is 32.2. The minimum absolute atomic E-state index is 0.0750. The van der Waals surface area contributed by atoms with E-state index in [1.54, 1.807) is 0 Å². The van der Waals surface area contributed by atoms with Crippen molar-refractivity contribution in [3.05, 3.63) is 28.3 Å². The number of nitrogen functional groups attached to an aromatic ring is 1. The molecule has 94 valence electrons. The van der Waals surface area contributed by atoms with E-state index < -0.39 is 14.9 Å². The highest BCUT2D eigenvalue weighted by Gasteiger charge is 2.18. The monoisotopic (exact) mass is 259 g/mol. The number of hydrogen-bond donors (Lipinski definition) is 2. The van der Waals surface area contributed by atoms with Gasteiger partial charge in [0.1, 0.15) is 5.69 Å². The van der Waals surface area contributed by atoms with E-state index in [1.807, 2.05) is 6.92 Å². The lowest BCUT2D eigenvalue weighted by atomic mass is 10.3. The topological polar surface area (TPSA) is 115 Å². The van der Waals surface area contributed by atoms with E-state index in [-0.39, 0.29) is 16.3 Å². The van der Waals surface area contributed by atoms with E-state index in [9.17, 15) is 18.5 Å². The highest BCUT2D eigenvalue weighted by molar-refractivity contribution is 7.89. The van der Waals surface area contributed by atoms with Crippen molar-refractivity contribution >= 4 is 21.4 Å². The Labute approximate surface area is 98.8 Å². The third-order valence-corrected chi connectivity index (χ3v) is 3.51. The number of rotatable bonds is 5. The highest BCUT2D eigenvalue weighted by Crippen LogP contribution is 2.24. The first kappa shape index (κ1) is 13.4. The normalized spacial score (nSPS) is 11.4. The molecule has 0 aliphatic rings. The molecule has 0 spiro atoms. The lowest BCUT2D eigenvalue weighted by molar-refractivity contribution is -0.383. The number of sulfonamides is 1. The first-order chi connectivity index (χ1) is 7.88. The molecule has 0 radical (unpaired) electrons. The maximum absolute atomic E-state index is 11.7. The van der Waals surface area contributed by atoms with E-state index in [0.29, 0.717) is 13.0 Å². The van der Waals surface area contributed by atoms with Crippen LogP contribution < -0.4 is 10.5 Å². The number of hydrogen-bond acceptors (Lipinski definition) is 5. The van der Waals surface area contributed by atoms with Gasteiger partial charge in [-0.2, -0.15) is 0 Å². The Balaban J connectivity index is 3.09. The summed E-state index contributed by atoms with van der Waals surface area (Å²) in [5.41, 5.74) is 4.94. The predicted molar refractivity (Wildman–Crippen MR) is 63.0 cm³/mol. The molecule has 0 saturated carbocycles. The van der Waals surface area contributed by atoms with Crippen molar-refractivity contribution in [2.24, 2.45) is 0 Å². The molecule has 0 aromatic heterocycles. The standard InChI is InChI=1S/C9H13N3O4S/c1-2-5-11-17(15,16)7-3-4-9(12(13)14)8(10)6-7/h3-4,6,11H,2,5,10H2,1H3. The molecular formula is C9H13N3O4S. The van der Waals surface area contributed by atoms with Crippen molar-refractivity contribution in [1.29, 1.82) is 0 Å². The van der Waals surface area contributed by atoms with Gasteiger partial charge in [0.15, 0.2) is 0 Å². The second-order valence-corrected chi connectivity index (χ2v) is 5.14. The number of nitro benzene ring substituents is 1. The summed E-state index contributed by atoms with van der Waals surface area (Å²) in [6.07, 6.45) is 0.654. The molecule has 0 fully saturated rings. The van der Waals surface area contributed by atoms with Crippen LogP contribution in [0.25, 0.3) is 0 Å². The summed E-state index contributed by atoms with van der Waals surface area (Å²) in [5, 5.41) is 10.5. The van der Waals surface area contributed by atoms with Gasteiger partial charge < -0.3 is 5.73 Å². The van der Waals surface area contributed by atoms with Gasteiger partial charge in [0.25, 0.3) is 5.69 Å². The second kappa shape index (κ2) is 5.11. The SMILES string of the molecule is CCCNS(=O)(=O)c1ccc([N+](=O)[O-])c(N)c1. The molecule has 0 amide bonds. The largest absolute Gasteiger partial charge is 0.393 e. The van der Waals surface area contributed by atoms with Crippen LogP contribution in [-0.4, -0.2) is 19.9 Å². The smallest absolute Gasteiger partial charge is 0.292 e. The molecular weight excluding hydrogens is 246 g/mol. The van der Waals surface area contributed by atoms with Crippen molar-refractivity contribution in [3.63, 3.8) is 0 Å². The Kier molecular flexibility index (Phi) is 4.02. The summed E-state index contributed by atoms with van der Waals surface area (Å²) < 4.78 is 25.7. The first-order valence-corrected chi connectivity index (χ1v) is 6.40. The number of nitro groups is 1. The van der Waals surface area contributed by atoms with Crippen LogP contribution >= 0.6 is 0 Å². The Hall–Kier alpha value is -1.67. The second-order valence-electron chi connectivity index (χ2n) is 3.38. The maximum atomic E-state index is 11.7. The molecule has 8 heteroatoms. The minimum atomic E-state index is -3.64. The van der Waals surface area contributed by atoms with Crippen LogP contribution in [0.4, 0.5) is 11.4 Å². The third kappa shape index (κ3) is 3.14. The average molecular weight is 259 g/mol. The molecule has 0 aliphatic heterocycles. The van der Waals surface area contributed by atoms with E-state index in [2.05, 4.69) is 4.72 Å². The zero-order valence-corrected chi connectivity index (χ0v) is 10.0. The molecule has 0 saturated heterocycles. The van der Waals surface area contributed by atoms with Gasteiger partial charge in [-0.25, -0.2) is 13.1 Å². The zero-order valence-electron chi connectivity index (χ0n) is 9.21. The Bertz CT molecular complexity index is 527. The van der Waals surface area contributed by atoms with E-state index in [1.165, 1.54) is 0 Å². The lowest BCUT2D eigenvalue weighted by Crippen LogP contribution is -2.24. The van der Waals surface area contributed by atoms with Crippen LogP contribution in [0.15, 0.2) is 23.1 Å². The van der Waals surface area contributed by atoms with Gasteiger partial charge in [0, 0.05) is 12.6 Å². The van der Waals surface area contributed by atoms with Crippen LogP contribution in [0, 0.1) is 10.1 Å². The summed E-state index contributed by atoms with van der Waals surface area (Å²) in [6.45, 7) is 2.13. The average Bonchev–Trinajstić information content (AvgIpc) is 2.25. The molecule has 1 aromatic carbocycles. The fraction of sp³-hybridized carbons (Fsp3) is 0.333. The minimum Gasteiger partial charge on any atom is -0.393 e. The molecule has 17 heavy (non-hydrogen) atoms. The Morgan fingerprint density at radius 1 is 1.47 bits per heavy atom. The van der Waals surface area contributed by atoms with Gasteiger partial charge in [0.05, 0.1) is 9.82 Å². The van der Waals surface area contributed by atoms with E-state index in [4.69, 9.17) is 5.73 Å². The van der Waals surface area contributed by atoms with Crippen molar-refractivity contribution < 1.29 is 13.3 Å². The van der Waals surface area contributed by atoms with Crippen molar-refractivity contribution in [2.75, 3.05) is 12.3 Å². The van der Waals surface area contributed by atoms with Gasteiger partial charge in [-0.1, -0.05) is 6.92 Å². The number of benzene rings is 1. The summed E-state index contributed by atoms with van der Waals surface area (Å²) in [6, 6.07) is 3.32. The number of anilines is 1. The number of nitrogens with two attached hydrogens (primary N) is 1. The van der Waals surface area contributed by atoms with Gasteiger partial charge in [0.2, 0.25) is 10.0 Å². The lowest BCUT2D eigenvalue weighted by Gasteiger charge is -2.06. The summed E-state index contributed by atoms with van der Waals surface area (Å²) in [7, 11) is -3.64. The zero-order chi connectivity index (χ0) is 13.1. The fourth-order valence-electron chi connectivity index (χ4n) is 1.19. The number of nitrogens with zero attached hydrogens (tertiary/aromatic N) is 1. The molecule has 0 atom stereocenters. The van der Waals surface area contributed by atoms with Crippen LogP contribution in [0.1, 0.15) is 13.3 Å². The predicted octanol–water partition coefficient (Wildman–Crippen LogP) is 0.865. The van der Waals surface area contributed by atoms with Crippen LogP contribution in [0.2, 0.25) is 0 Å². The van der Waals surface area contributed by atoms with Gasteiger partial charge >= 0.3 is 0 Å². The summed E-state index contributed by atoms with van der Waals surface area (Å²) in [5.74, 6) is 0. The third-order valence-electron chi connectivity index (χ3n) is 2.05. The van der Waals surface area contributed by atoms with Gasteiger partial charge in [-0.05, 0) is 18.6 Å².